The molecule has 4 rings (SSSR count). The maximum atomic E-state index is 13.0. The van der Waals surface area contributed by atoms with Crippen LogP contribution in [0.3, 0.4) is 0 Å². The molecule has 0 aromatic heterocycles. The third-order valence-electron chi connectivity index (χ3n) is 16.0. The first-order chi connectivity index (χ1) is 23.9. The van der Waals surface area contributed by atoms with Crippen LogP contribution in [0, 0.1) is 64.1 Å². The number of carbonyl (C=O) groups excluding carboxylic acids is 1. The van der Waals surface area contributed by atoms with Gasteiger partial charge in [-0.25, -0.2) is 0 Å². The van der Waals surface area contributed by atoms with Crippen LogP contribution in [0.2, 0.25) is 0 Å². The van der Waals surface area contributed by atoms with E-state index in [0.29, 0.717) is 40.9 Å². The fraction of sp³-hybridized carbons (Fsp3) is 0.896. The molecule has 0 bridgehead atoms. The molecule has 4 aliphatic carbocycles. The molecule has 288 valence electrons. The number of rotatable bonds is 20. The van der Waals surface area contributed by atoms with E-state index < -0.39 is 0 Å². The van der Waals surface area contributed by atoms with E-state index in [9.17, 15) is 4.79 Å². The lowest BCUT2D eigenvalue weighted by atomic mass is 9.43. The van der Waals surface area contributed by atoms with Crippen molar-refractivity contribution in [2.24, 2.45) is 64.1 Å². The zero-order valence-corrected chi connectivity index (χ0v) is 34.9. The second kappa shape index (κ2) is 19.9. The van der Waals surface area contributed by atoms with E-state index in [-0.39, 0.29) is 12.1 Å². The summed E-state index contributed by atoms with van der Waals surface area (Å²) in [7, 11) is 0. The fourth-order valence-corrected chi connectivity index (χ4v) is 12.5. The monoisotopic (exact) mass is 693 g/mol. The standard InChI is InChI=1S/C48H84O2/c1-10-11-12-13-14-15-16-17-18-19-20-21-22-23-24-25-46(49)50-45-31-33-48(9)42(39(45)7)27-26-40-43-29-28-41(47(43,8)32-30-44(40)48)37(5)34-36(4)38(6)35(2)3/h17-18,34-35,37-45H,10-16,19-33H2,1-9H3/b18-17+,36-34+/t37-,38-,39+,40+,41-,42+,43+,44+,45+,47-,48+/m1/s1. The number of carbonyl (C=O) groups is 1. The van der Waals surface area contributed by atoms with Gasteiger partial charge in [0.05, 0.1) is 0 Å². The van der Waals surface area contributed by atoms with Crippen LogP contribution in [-0.2, 0) is 9.53 Å². The van der Waals surface area contributed by atoms with Crippen LogP contribution in [0.5, 0.6) is 0 Å². The predicted octanol–water partition coefficient (Wildman–Crippen LogP) is 14.7. The lowest BCUT2D eigenvalue weighted by Gasteiger charge is -2.62. The van der Waals surface area contributed by atoms with Gasteiger partial charge in [-0.15, -0.1) is 0 Å². The van der Waals surface area contributed by atoms with Crippen molar-refractivity contribution < 1.29 is 9.53 Å². The quantitative estimate of drug-likeness (QED) is 0.0721. The van der Waals surface area contributed by atoms with E-state index in [1.165, 1.54) is 116 Å². The molecular formula is C48H84O2. The van der Waals surface area contributed by atoms with Gasteiger partial charge in [0.1, 0.15) is 6.10 Å². The third kappa shape index (κ3) is 10.3. The summed E-state index contributed by atoms with van der Waals surface area (Å²) in [6.45, 7) is 22.2. The second-order valence-corrected chi connectivity index (χ2v) is 19.4. The van der Waals surface area contributed by atoms with Gasteiger partial charge >= 0.3 is 5.97 Å². The maximum Gasteiger partial charge on any atom is 0.306 e. The Morgan fingerprint density at radius 2 is 1.30 bits per heavy atom. The van der Waals surface area contributed by atoms with E-state index in [4.69, 9.17) is 4.74 Å². The Morgan fingerprint density at radius 1 is 0.720 bits per heavy atom. The Bertz CT molecular complexity index is 1070. The highest BCUT2D eigenvalue weighted by Gasteiger charge is 2.61. The Morgan fingerprint density at radius 3 is 1.96 bits per heavy atom. The summed E-state index contributed by atoms with van der Waals surface area (Å²) in [6, 6.07) is 0. The molecule has 11 atom stereocenters. The average Bonchev–Trinajstić information content (AvgIpc) is 3.44. The van der Waals surface area contributed by atoms with E-state index in [1.807, 2.05) is 0 Å². The molecule has 50 heavy (non-hydrogen) atoms. The smallest absolute Gasteiger partial charge is 0.306 e. The number of ether oxygens (including phenoxy) is 1. The number of hydrogen-bond donors (Lipinski definition) is 0. The molecule has 0 N–H and O–H groups in total. The van der Waals surface area contributed by atoms with E-state index >= 15 is 0 Å². The van der Waals surface area contributed by atoms with Crippen LogP contribution < -0.4 is 0 Å². The van der Waals surface area contributed by atoms with Gasteiger partial charge in [0.25, 0.3) is 0 Å². The Labute approximate surface area is 312 Å². The first kappa shape index (κ1) is 41.7. The molecule has 4 aliphatic rings. The van der Waals surface area contributed by atoms with E-state index in [2.05, 4.69) is 80.5 Å². The summed E-state index contributed by atoms with van der Waals surface area (Å²) >= 11 is 0. The minimum atomic E-state index is 0.0726. The molecule has 0 unspecified atom stereocenters. The van der Waals surface area contributed by atoms with Crippen LogP contribution in [-0.4, -0.2) is 12.1 Å². The first-order valence-corrected chi connectivity index (χ1v) is 22.5. The lowest BCUT2D eigenvalue weighted by Crippen LogP contribution is -2.56. The van der Waals surface area contributed by atoms with Crippen molar-refractivity contribution >= 4 is 5.97 Å². The number of fused-ring (bicyclic) bond motifs is 5. The minimum Gasteiger partial charge on any atom is -0.462 e. The molecule has 0 amide bonds. The van der Waals surface area contributed by atoms with Crippen molar-refractivity contribution in [3.05, 3.63) is 23.8 Å². The molecule has 4 saturated carbocycles. The summed E-state index contributed by atoms with van der Waals surface area (Å²) in [5, 5.41) is 0. The summed E-state index contributed by atoms with van der Waals surface area (Å²) in [4.78, 5) is 13.0. The summed E-state index contributed by atoms with van der Waals surface area (Å²) in [5.41, 5.74) is 2.53. The molecule has 0 spiro atoms. The number of esters is 1. The molecule has 4 fully saturated rings. The number of unbranched alkanes of at least 4 members (excludes halogenated alkanes) is 11. The van der Waals surface area contributed by atoms with Gasteiger partial charge in [-0.3, -0.25) is 4.79 Å². The van der Waals surface area contributed by atoms with Crippen molar-refractivity contribution in [3.8, 4) is 0 Å². The first-order valence-electron chi connectivity index (χ1n) is 22.5. The molecule has 0 saturated heterocycles. The van der Waals surface area contributed by atoms with Crippen molar-refractivity contribution in [1.82, 2.24) is 0 Å². The summed E-state index contributed by atoms with van der Waals surface area (Å²) in [5.74, 6) is 6.86. The van der Waals surface area contributed by atoms with Gasteiger partial charge in [0, 0.05) is 6.42 Å². The molecular weight excluding hydrogens is 609 g/mol. The van der Waals surface area contributed by atoms with Gasteiger partial charge < -0.3 is 4.74 Å². The summed E-state index contributed by atoms with van der Waals surface area (Å²) in [6.07, 6.45) is 35.8. The van der Waals surface area contributed by atoms with Gasteiger partial charge in [-0.2, -0.15) is 0 Å². The van der Waals surface area contributed by atoms with Gasteiger partial charge in [0.15, 0.2) is 0 Å². The number of hydrogen-bond acceptors (Lipinski definition) is 2. The minimum absolute atomic E-state index is 0.0726. The van der Waals surface area contributed by atoms with Crippen molar-refractivity contribution in [1.29, 1.82) is 0 Å². The van der Waals surface area contributed by atoms with Crippen LogP contribution >= 0.6 is 0 Å². The van der Waals surface area contributed by atoms with E-state index in [0.717, 1.165) is 48.9 Å². The highest BCUT2D eigenvalue weighted by Crippen LogP contribution is 2.69. The Balaban J connectivity index is 1.16. The highest BCUT2D eigenvalue weighted by molar-refractivity contribution is 5.69. The average molecular weight is 693 g/mol. The highest BCUT2D eigenvalue weighted by atomic mass is 16.5. The second-order valence-electron chi connectivity index (χ2n) is 19.4. The lowest BCUT2D eigenvalue weighted by molar-refractivity contribution is -0.175. The van der Waals surface area contributed by atoms with Crippen LogP contribution in [0.25, 0.3) is 0 Å². The maximum absolute atomic E-state index is 13.0. The van der Waals surface area contributed by atoms with Crippen molar-refractivity contribution in [2.45, 2.75) is 210 Å². The van der Waals surface area contributed by atoms with Gasteiger partial charge in [0.2, 0.25) is 0 Å². The topological polar surface area (TPSA) is 26.3 Å². The third-order valence-corrected chi connectivity index (χ3v) is 16.0. The Kier molecular flexibility index (Phi) is 16.6. The zero-order chi connectivity index (χ0) is 36.3. The van der Waals surface area contributed by atoms with Crippen molar-refractivity contribution in [3.63, 3.8) is 0 Å². The molecule has 0 aromatic carbocycles. The van der Waals surface area contributed by atoms with Gasteiger partial charge in [-0.1, -0.05) is 131 Å². The van der Waals surface area contributed by atoms with Gasteiger partial charge in [-0.05, 0) is 154 Å². The molecule has 0 heterocycles. The predicted molar refractivity (Wildman–Crippen MR) is 216 cm³/mol. The number of allylic oxidation sites excluding steroid dienone is 4. The molecule has 0 aliphatic heterocycles. The van der Waals surface area contributed by atoms with Crippen LogP contribution in [0.15, 0.2) is 23.8 Å². The zero-order valence-electron chi connectivity index (χ0n) is 34.9. The van der Waals surface area contributed by atoms with Crippen molar-refractivity contribution in [2.75, 3.05) is 0 Å². The largest absolute Gasteiger partial charge is 0.462 e. The fourth-order valence-electron chi connectivity index (χ4n) is 12.5. The van der Waals surface area contributed by atoms with E-state index in [1.54, 1.807) is 5.57 Å². The van der Waals surface area contributed by atoms with Crippen LogP contribution in [0.4, 0.5) is 0 Å². The summed E-state index contributed by atoms with van der Waals surface area (Å²) < 4.78 is 6.29. The molecule has 0 radical (unpaired) electrons. The molecule has 2 nitrogen and oxygen atoms in total. The molecule has 2 heteroatoms. The molecule has 0 aromatic rings. The SMILES string of the molecule is CCCCCCCC/C=C/CCCCCCCC(=O)O[C@H]1CC[C@@]2(C)[C@@H](CC[C@@H]3[C@@H]2CC[C@]2(C)[C@@H]([C@H](C)/C=C(\C)[C@H](C)C(C)C)CC[C@@H]32)[C@@H]1C. The normalized spacial score (nSPS) is 35.5. The Hall–Kier alpha value is -1.05. The van der Waals surface area contributed by atoms with Crippen LogP contribution in [0.1, 0.15) is 204 Å².